The van der Waals surface area contributed by atoms with Crippen LogP contribution in [0.3, 0.4) is 0 Å². The van der Waals surface area contributed by atoms with E-state index in [4.69, 9.17) is 28.1 Å². The van der Waals surface area contributed by atoms with E-state index in [9.17, 15) is 0 Å². The van der Waals surface area contributed by atoms with Gasteiger partial charge in [0.2, 0.25) is 0 Å². The summed E-state index contributed by atoms with van der Waals surface area (Å²) in [6.07, 6.45) is 1.55. The molecule has 0 radical (unpaired) electrons. The van der Waals surface area contributed by atoms with Crippen molar-refractivity contribution >= 4 is 8.32 Å². The Morgan fingerprint density at radius 2 is 1.78 bits per heavy atom. The third-order valence-electron chi connectivity index (χ3n) is 7.23. The van der Waals surface area contributed by atoms with Crippen molar-refractivity contribution in [1.82, 2.24) is 0 Å². The van der Waals surface area contributed by atoms with Gasteiger partial charge in [0.25, 0.3) is 0 Å². The fraction of sp³-hybridized carbons (Fsp3) is 0.724. The zero-order valence-electron chi connectivity index (χ0n) is 24.1. The van der Waals surface area contributed by atoms with Gasteiger partial charge in [0.15, 0.2) is 14.1 Å². The van der Waals surface area contributed by atoms with Crippen molar-refractivity contribution in [2.45, 2.75) is 116 Å². The molecule has 0 N–H and O–H groups in total. The van der Waals surface area contributed by atoms with Crippen LogP contribution in [0.1, 0.15) is 66.4 Å². The summed E-state index contributed by atoms with van der Waals surface area (Å²) in [6, 6.07) is 7.93. The maximum atomic E-state index is 6.90. The molecule has 7 heteroatoms. The minimum absolute atomic E-state index is 0.0841. The summed E-state index contributed by atoms with van der Waals surface area (Å²) < 4.78 is 36.9. The molecule has 0 amide bonds. The minimum Gasteiger partial charge on any atom is -0.497 e. The smallest absolute Gasteiger partial charge is 0.192 e. The topological polar surface area (TPSA) is 55.4 Å². The molecule has 36 heavy (non-hydrogen) atoms. The van der Waals surface area contributed by atoms with Gasteiger partial charge in [0.05, 0.1) is 38.6 Å². The maximum Gasteiger partial charge on any atom is 0.192 e. The van der Waals surface area contributed by atoms with E-state index in [0.717, 1.165) is 24.2 Å². The van der Waals surface area contributed by atoms with Crippen LogP contribution in [0.2, 0.25) is 18.1 Å². The van der Waals surface area contributed by atoms with Crippen molar-refractivity contribution in [3.05, 3.63) is 29.8 Å². The number of rotatable bonds is 13. The van der Waals surface area contributed by atoms with Crippen molar-refractivity contribution in [3.8, 4) is 17.6 Å². The Bertz CT molecular complexity index is 849. The van der Waals surface area contributed by atoms with Crippen LogP contribution in [0, 0.1) is 11.8 Å². The Kier molecular flexibility index (Phi) is 11.5. The van der Waals surface area contributed by atoms with Gasteiger partial charge in [-0.3, -0.25) is 0 Å². The molecule has 0 unspecified atom stereocenters. The largest absolute Gasteiger partial charge is 0.497 e. The summed E-state index contributed by atoms with van der Waals surface area (Å²) >= 11 is 0. The monoisotopic (exact) mass is 520 g/mol. The minimum atomic E-state index is -2.03. The molecule has 4 atom stereocenters. The molecular formula is C29H48O6Si. The first-order valence-electron chi connectivity index (χ1n) is 13.0. The van der Waals surface area contributed by atoms with E-state index < -0.39 is 14.1 Å². The van der Waals surface area contributed by atoms with Gasteiger partial charge in [-0.05, 0) is 63.0 Å². The number of ether oxygens (including phenoxy) is 5. The van der Waals surface area contributed by atoms with E-state index in [1.165, 1.54) is 0 Å². The van der Waals surface area contributed by atoms with Crippen LogP contribution in [0.5, 0.6) is 5.75 Å². The third-order valence-corrected chi connectivity index (χ3v) is 11.7. The predicted octanol–water partition coefficient (Wildman–Crippen LogP) is 6.33. The Hall–Kier alpha value is -1.40. The number of methoxy groups -OCH3 is 2. The lowest BCUT2D eigenvalue weighted by Crippen LogP contribution is -2.49. The summed E-state index contributed by atoms with van der Waals surface area (Å²) in [7, 11) is 1.40. The molecule has 1 aromatic rings. The Balaban J connectivity index is 2.24. The van der Waals surface area contributed by atoms with Crippen LogP contribution in [0.25, 0.3) is 0 Å². The van der Waals surface area contributed by atoms with Crippen LogP contribution < -0.4 is 4.74 Å². The molecule has 0 bridgehead atoms. The molecule has 204 valence electrons. The van der Waals surface area contributed by atoms with Gasteiger partial charge < -0.3 is 28.1 Å². The highest BCUT2D eigenvalue weighted by molar-refractivity contribution is 6.74. The second-order valence-corrected chi connectivity index (χ2v) is 16.2. The molecular weight excluding hydrogens is 472 g/mol. The number of benzene rings is 1. The normalized spacial score (nSPS) is 20.3. The van der Waals surface area contributed by atoms with Gasteiger partial charge in [-0.15, -0.1) is 11.8 Å². The van der Waals surface area contributed by atoms with Crippen LogP contribution in [0.4, 0.5) is 0 Å². The lowest BCUT2D eigenvalue weighted by atomic mass is 9.99. The molecule has 0 spiro atoms. The first-order chi connectivity index (χ1) is 16.8. The van der Waals surface area contributed by atoms with Crippen LogP contribution >= 0.6 is 0 Å². The predicted molar refractivity (Wildman–Crippen MR) is 147 cm³/mol. The SMILES string of the molecule is CC#CCC[C@H](O[Si](C)(C)C(C)(C)C)[C@H](C[C@H](OCc1ccc(OC)cc1)[C@@H]1COC(C)(C)O1)OC. The molecule has 0 saturated carbocycles. The van der Waals surface area contributed by atoms with Gasteiger partial charge in [-0.25, -0.2) is 0 Å². The Morgan fingerprint density at radius 1 is 1.11 bits per heavy atom. The van der Waals surface area contributed by atoms with Crippen LogP contribution in [-0.4, -0.2) is 59.3 Å². The third kappa shape index (κ3) is 9.16. The first-order valence-corrected chi connectivity index (χ1v) is 15.9. The molecule has 0 aromatic heterocycles. The highest BCUT2D eigenvalue weighted by Crippen LogP contribution is 2.39. The molecule has 6 nitrogen and oxygen atoms in total. The van der Waals surface area contributed by atoms with E-state index >= 15 is 0 Å². The van der Waals surface area contributed by atoms with E-state index in [0.29, 0.717) is 19.6 Å². The standard InChI is InChI=1S/C29H48O6Si/c1-11-12-13-14-24(35-36(9,10)28(2,3)4)25(31-8)19-26(27-21-33-29(5,6)34-27)32-20-22-15-17-23(30-7)18-16-22/h15-18,24-27H,13-14,19-21H2,1-10H3/t24-,25-,26-,27-/m0/s1. The van der Waals surface area contributed by atoms with Crippen LogP contribution in [0.15, 0.2) is 24.3 Å². The van der Waals surface area contributed by atoms with Gasteiger partial charge in [-0.2, -0.15) is 0 Å². The molecule has 1 aliphatic heterocycles. The van der Waals surface area contributed by atoms with Crippen LogP contribution in [-0.2, 0) is 30.0 Å². The van der Waals surface area contributed by atoms with Gasteiger partial charge in [0, 0.05) is 20.0 Å². The summed E-state index contributed by atoms with van der Waals surface area (Å²) in [4.78, 5) is 0. The van der Waals surface area contributed by atoms with E-state index in [1.54, 1.807) is 14.2 Å². The van der Waals surface area contributed by atoms with Crippen molar-refractivity contribution in [2.75, 3.05) is 20.8 Å². The number of hydrogen-bond acceptors (Lipinski definition) is 6. The average Bonchev–Trinajstić information content (AvgIpc) is 3.17. The van der Waals surface area contributed by atoms with Crippen molar-refractivity contribution in [3.63, 3.8) is 0 Å². The molecule has 0 aliphatic carbocycles. The summed E-state index contributed by atoms with van der Waals surface area (Å²) in [6.45, 7) is 18.0. The lowest BCUT2D eigenvalue weighted by Gasteiger charge is -2.42. The zero-order chi connectivity index (χ0) is 27.0. The molecule has 1 saturated heterocycles. The highest BCUT2D eigenvalue weighted by atomic mass is 28.4. The van der Waals surface area contributed by atoms with Crippen molar-refractivity contribution in [1.29, 1.82) is 0 Å². The summed E-state index contributed by atoms with van der Waals surface area (Å²) in [5.74, 6) is 6.40. The molecule has 1 fully saturated rings. The fourth-order valence-electron chi connectivity index (χ4n) is 3.99. The molecule has 1 aliphatic rings. The lowest BCUT2D eigenvalue weighted by molar-refractivity contribution is -0.164. The zero-order valence-corrected chi connectivity index (χ0v) is 25.1. The van der Waals surface area contributed by atoms with E-state index in [1.807, 2.05) is 45.0 Å². The van der Waals surface area contributed by atoms with Crippen molar-refractivity contribution in [2.24, 2.45) is 0 Å². The summed E-state index contributed by atoms with van der Waals surface area (Å²) in [5.41, 5.74) is 1.07. The van der Waals surface area contributed by atoms with Gasteiger partial charge >= 0.3 is 0 Å². The Morgan fingerprint density at radius 3 is 2.28 bits per heavy atom. The second kappa shape index (κ2) is 13.4. The van der Waals surface area contributed by atoms with Crippen molar-refractivity contribution < 1.29 is 28.1 Å². The highest BCUT2D eigenvalue weighted by Gasteiger charge is 2.43. The van der Waals surface area contributed by atoms with Gasteiger partial charge in [-0.1, -0.05) is 32.9 Å². The molecule has 2 rings (SSSR count). The summed E-state index contributed by atoms with van der Waals surface area (Å²) in [5, 5.41) is 0.0939. The van der Waals surface area contributed by atoms with E-state index in [-0.39, 0.29) is 29.5 Å². The maximum absolute atomic E-state index is 6.90. The van der Waals surface area contributed by atoms with E-state index in [2.05, 4.69) is 45.7 Å². The Labute approximate surface area is 220 Å². The molecule has 1 aromatic carbocycles. The average molecular weight is 521 g/mol. The number of hydrogen-bond donors (Lipinski definition) is 0. The fourth-order valence-corrected chi connectivity index (χ4v) is 5.37. The molecule has 1 heterocycles. The van der Waals surface area contributed by atoms with Gasteiger partial charge in [0.1, 0.15) is 11.9 Å². The first kappa shape index (κ1) is 30.8. The quantitative estimate of drug-likeness (QED) is 0.224. The second-order valence-electron chi connectivity index (χ2n) is 11.5.